The molecule has 0 saturated carbocycles. The fourth-order valence-electron chi connectivity index (χ4n) is 2.35. The number of anilines is 4. The van der Waals surface area contributed by atoms with Crippen LogP contribution in [0, 0.1) is 17.0 Å². The van der Waals surface area contributed by atoms with Gasteiger partial charge in [-0.05, 0) is 42.8 Å². The van der Waals surface area contributed by atoms with Crippen LogP contribution in [0.1, 0.15) is 5.56 Å². The minimum atomic E-state index is -0.573. The van der Waals surface area contributed by atoms with E-state index in [-0.39, 0.29) is 17.3 Å². The highest BCUT2D eigenvalue weighted by Gasteiger charge is 2.24. The molecule has 0 spiro atoms. The minimum Gasteiger partial charge on any atom is -0.334 e. The molecule has 0 aliphatic heterocycles. The summed E-state index contributed by atoms with van der Waals surface area (Å²) in [6.45, 7) is 1.85. The first-order valence-corrected chi connectivity index (χ1v) is 8.72. The molecule has 7 nitrogen and oxygen atoms in total. The van der Waals surface area contributed by atoms with E-state index in [4.69, 9.17) is 34.8 Å². The highest BCUT2D eigenvalue weighted by molar-refractivity contribution is 6.35. The van der Waals surface area contributed by atoms with Gasteiger partial charge in [0.15, 0.2) is 0 Å². The van der Waals surface area contributed by atoms with Crippen LogP contribution in [-0.4, -0.2) is 14.9 Å². The Bertz CT molecular complexity index is 1010. The summed E-state index contributed by atoms with van der Waals surface area (Å²) in [4.78, 5) is 19.1. The quantitative estimate of drug-likeness (QED) is 0.377. The molecule has 0 bridgehead atoms. The van der Waals surface area contributed by atoms with Crippen molar-refractivity contribution in [2.24, 2.45) is 0 Å². The fourth-order valence-corrected chi connectivity index (χ4v) is 3.05. The van der Waals surface area contributed by atoms with Gasteiger partial charge < -0.3 is 10.6 Å². The second kappa shape index (κ2) is 7.96. The predicted octanol–water partition coefficient (Wildman–Crippen LogP) is 6.14. The lowest BCUT2D eigenvalue weighted by molar-refractivity contribution is -0.383. The molecular weight excluding hydrogens is 413 g/mol. The first kappa shape index (κ1) is 19.2. The maximum atomic E-state index is 11.7. The second-order valence-corrected chi connectivity index (χ2v) is 6.85. The van der Waals surface area contributed by atoms with Crippen LogP contribution in [0.4, 0.5) is 28.7 Å². The summed E-state index contributed by atoms with van der Waals surface area (Å²) < 4.78 is 0. The molecule has 0 aliphatic rings. The lowest BCUT2D eigenvalue weighted by Gasteiger charge is -2.12. The molecule has 0 radical (unpaired) electrons. The summed E-state index contributed by atoms with van der Waals surface area (Å²) in [5.41, 5.74) is 1.58. The van der Waals surface area contributed by atoms with Gasteiger partial charge in [-0.1, -0.05) is 40.9 Å². The normalized spacial score (nSPS) is 10.5. The van der Waals surface area contributed by atoms with Crippen molar-refractivity contribution in [2.75, 3.05) is 10.6 Å². The number of nitrogens with one attached hydrogen (secondary N) is 2. The summed E-state index contributed by atoms with van der Waals surface area (Å²) in [5, 5.41) is 18.7. The van der Waals surface area contributed by atoms with Crippen molar-refractivity contribution in [3.8, 4) is 0 Å². The molecule has 2 aromatic carbocycles. The number of aryl methyl sites for hydroxylation is 1. The van der Waals surface area contributed by atoms with Crippen LogP contribution >= 0.6 is 34.8 Å². The second-order valence-electron chi connectivity index (χ2n) is 5.54. The van der Waals surface area contributed by atoms with E-state index in [2.05, 4.69) is 20.6 Å². The number of benzene rings is 2. The Hall–Kier alpha value is -2.61. The fraction of sp³-hybridized carbons (Fsp3) is 0.0588. The first-order chi connectivity index (χ1) is 12.8. The van der Waals surface area contributed by atoms with Crippen LogP contribution < -0.4 is 10.6 Å². The van der Waals surface area contributed by atoms with Crippen molar-refractivity contribution in [3.05, 3.63) is 73.5 Å². The van der Waals surface area contributed by atoms with Crippen molar-refractivity contribution in [1.82, 2.24) is 9.97 Å². The van der Waals surface area contributed by atoms with Crippen LogP contribution in [0.3, 0.4) is 0 Å². The van der Waals surface area contributed by atoms with E-state index < -0.39 is 4.92 Å². The highest BCUT2D eigenvalue weighted by atomic mass is 35.5. The van der Waals surface area contributed by atoms with Crippen molar-refractivity contribution in [3.63, 3.8) is 0 Å². The van der Waals surface area contributed by atoms with Crippen LogP contribution in [-0.2, 0) is 0 Å². The molecule has 3 aromatic rings. The molecule has 0 aliphatic carbocycles. The minimum absolute atomic E-state index is 0.00415. The molecule has 27 heavy (non-hydrogen) atoms. The lowest BCUT2D eigenvalue weighted by Crippen LogP contribution is -2.06. The van der Waals surface area contributed by atoms with E-state index in [0.717, 1.165) is 5.56 Å². The van der Waals surface area contributed by atoms with Gasteiger partial charge in [-0.3, -0.25) is 10.1 Å². The zero-order chi connectivity index (χ0) is 19.6. The lowest BCUT2D eigenvalue weighted by atomic mass is 10.2. The molecule has 1 aromatic heterocycles. The van der Waals surface area contributed by atoms with Crippen LogP contribution in [0.5, 0.6) is 0 Å². The average molecular weight is 425 g/mol. The molecule has 0 saturated heterocycles. The summed E-state index contributed by atoms with van der Waals surface area (Å²) in [6.07, 6.45) is 1.21. The Morgan fingerprint density at radius 3 is 2.19 bits per heavy atom. The Labute approximate surface area is 169 Å². The van der Waals surface area contributed by atoms with Crippen LogP contribution in [0.15, 0.2) is 42.7 Å². The van der Waals surface area contributed by atoms with Gasteiger partial charge in [0, 0.05) is 26.4 Å². The third-order valence-corrected chi connectivity index (χ3v) is 4.25. The number of halogens is 3. The molecule has 0 unspecified atom stereocenters. The van der Waals surface area contributed by atoms with Crippen molar-refractivity contribution in [2.45, 2.75) is 6.92 Å². The zero-order valence-corrected chi connectivity index (χ0v) is 16.1. The molecule has 0 atom stereocenters. The SMILES string of the molecule is Cc1ccc(Cl)cc1Nc1ncnc(Nc2cc(Cl)cc(Cl)c2)c1[N+](=O)[O-]. The summed E-state index contributed by atoms with van der Waals surface area (Å²) in [6, 6.07) is 9.89. The van der Waals surface area contributed by atoms with Gasteiger partial charge >= 0.3 is 5.69 Å². The number of hydrogen-bond acceptors (Lipinski definition) is 6. The van der Waals surface area contributed by atoms with E-state index in [9.17, 15) is 10.1 Å². The van der Waals surface area contributed by atoms with E-state index in [0.29, 0.717) is 26.4 Å². The molecular formula is C17H12Cl3N5O2. The van der Waals surface area contributed by atoms with Gasteiger partial charge in [-0.15, -0.1) is 0 Å². The molecule has 1 heterocycles. The first-order valence-electron chi connectivity index (χ1n) is 7.59. The van der Waals surface area contributed by atoms with E-state index in [1.807, 2.05) is 6.92 Å². The third-order valence-electron chi connectivity index (χ3n) is 3.58. The number of hydrogen-bond donors (Lipinski definition) is 2. The largest absolute Gasteiger partial charge is 0.353 e. The Morgan fingerprint density at radius 1 is 0.926 bits per heavy atom. The summed E-state index contributed by atoms with van der Waals surface area (Å²) in [5.74, 6) is 0.0199. The number of nitro groups is 1. The number of rotatable bonds is 5. The van der Waals surface area contributed by atoms with E-state index >= 15 is 0 Å². The Balaban J connectivity index is 2.02. The molecule has 138 valence electrons. The standard InChI is InChI=1S/C17H12Cl3N5O2/c1-9-2-3-10(18)7-14(9)24-17-15(25(26)27)16(21-8-22-17)23-13-5-11(19)4-12(20)6-13/h2-8H,1H3,(H2,21,22,23,24). The van der Waals surface area contributed by atoms with E-state index in [1.54, 1.807) is 36.4 Å². The maximum Gasteiger partial charge on any atom is 0.353 e. The Kier molecular flexibility index (Phi) is 5.65. The van der Waals surface area contributed by atoms with Crippen molar-refractivity contribution in [1.29, 1.82) is 0 Å². The molecule has 0 fully saturated rings. The van der Waals surface area contributed by atoms with Gasteiger partial charge in [-0.25, -0.2) is 9.97 Å². The third kappa shape index (κ3) is 4.57. The monoisotopic (exact) mass is 423 g/mol. The maximum absolute atomic E-state index is 11.7. The van der Waals surface area contributed by atoms with Gasteiger partial charge in [0.25, 0.3) is 0 Å². The summed E-state index contributed by atoms with van der Waals surface area (Å²) in [7, 11) is 0. The van der Waals surface area contributed by atoms with Crippen LogP contribution in [0.25, 0.3) is 0 Å². The van der Waals surface area contributed by atoms with Gasteiger partial charge in [-0.2, -0.15) is 0 Å². The average Bonchev–Trinajstić information content (AvgIpc) is 2.57. The number of aromatic nitrogens is 2. The summed E-state index contributed by atoms with van der Waals surface area (Å²) >= 11 is 18.0. The smallest absolute Gasteiger partial charge is 0.334 e. The van der Waals surface area contributed by atoms with Crippen molar-refractivity contribution < 1.29 is 4.92 Å². The Morgan fingerprint density at radius 2 is 1.56 bits per heavy atom. The van der Waals surface area contributed by atoms with Gasteiger partial charge in [0.05, 0.1) is 4.92 Å². The zero-order valence-electron chi connectivity index (χ0n) is 13.8. The van der Waals surface area contributed by atoms with E-state index in [1.165, 1.54) is 6.33 Å². The molecule has 3 rings (SSSR count). The van der Waals surface area contributed by atoms with Gasteiger partial charge in [0.2, 0.25) is 11.6 Å². The molecule has 0 amide bonds. The van der Waals surface area contributed by atoms with Crippen molar-refractivity contribution >= 4 is 63.5 Å². The van der Waals surface area contributed by atoms with Gasteiger partial charge in [0.1, 0.15) is 6.33 Å². The van der Waals surface area contributed by atoms with Crippen LogP contribution in [0.2, 0.25) is 15.1 Å². The predicted molar refractivity (Wildman–Crippen MR) is 108 cm³/mol. The topological polar surface area (TPSA) is 93.0 Å². The molecule has 2 N–H and O–H groups in total. The highest BCUT2D eigenvalue weighted by Crippen LogP contribution is 2.35. The molecule has 10 heteroatoms. The number of nitrogens with zero attached hydrogens (tertiary/aromatic N) is 3.